The van der Waals surface area contributed by atoms with Gasteiger partial charge in [0.05, 0.1) is 0 Å². The zero-order chi connectivity index (χ0) is 11.4. The Bertz CT molecular complexity index is 74.3. The van der Waals surface area contributed by atoms with Gasteiger partial charge >= 0.3 is 0 Å². The van der Waals surface area contributed by atoms with E-state index in [1.807, 2.05) is 27.7 Å². The van der Waals surface area contributed by atoms with Crippen molar-refractivity contribution in [3.8, 4) is 0 Å². The smallest absolute Gasteiger partial charge is 0.0110 e. The maximum absolute atomic E-state index is 2.51. The summed E-state index contributed by atoms with van der Waals surface area (Å²) in [4.78, 5) is 5.01. The van der Waals surface area contributed by atoms with Crippen LogP contribution in [0.2, 0.25) is 0 Å². The Balaban J connectivity index is 0. The highest BCUT2D eigenvalue weighted by Gasteiger charge is 2.12. The topological polar surface area (TPSA) is 6.48 Å². The van der Waals surface area contributed by atoms with Crippen molar-refractivity contribution in [2.75, 3.05) is 39.3 Å². The maximum Gasteiger partial charge on any atom is 0.0110 e. The van der Waals surface area contributed by atoms with Crippen LogP contribution in [0.15, 0.2) is 0 Å². The lowest BCUT2D eigenvalue weighted by atomic mass is 10.3. The molecule has 0 aliphatic carbocycles. The van der Waals surface area contributed by atoms with Gasteiger partial charge in [-0.1, -0.05) is 41.5 Å². The van der Waals surface area contributed by atoms with E-state index in [2.05, 4.69) is 23.6 Å². The first-order chi connectivity index (χ1) is 6.86. The third-order valence-corrected chi connectivity index (χ3v) is 2.36. The van der Waals surface area contributed by atoms with Crippen molar-refractivity contribution in [2.45, 2.75) is 41.5 Å². The van der Waals surface area contributed by atoms with E-state index in [9.17, 15) is 0 Å². The molecule has 0 aromatic carbocycles. The van der Waals surface area contributed by atoms with E-state index in [4.69, 9.17) is 0 Å². The van der Waals surface area contributed by atoms with Crippen molar-refractivity contribution in [1.82, 2.24) is 9.80 Å². The summed E-state index contributed by atoms with van der Waals surface area (Å²) >= 11 is 0. The SMILES string of the molecule is CC.CC.CCN1CCN(CC)CC1. The fraction of sp³-hybridized carbons (Fsp3) is 1.00. The summed E-state index contributed by atoms with van der Waals surface area (Å²) in [5.41, 5.74) is 0. The monoisotopic (exact) mass is 202 g/mol. The molecular weight excluding hydrogens is 172 g/mol. The molecule has 0 unspecified atom stereocenters. The lowest BCUT2D eigenvalue weighted by Gasteiger charge is -2.33. The molecule has 1 heterocycles. The molecule has 1 rings (SSSR count). The molecular formula is C12H30N2. The summed E-state index contributed by atoms with van der Waals surface area (Å²) in [6.07, 6.45) is 0. The molecule has 0 bridgehead atoms. The normalized spacial score (nSPS) is 17.6. The Labute approximate surface area is 91.3 Å². The van der Waals surface area contributed by atoms with Crippen molar-refractivity contribution in [3.05, 3.63) is 0 Å². The van der Waals surface area contributed by atoms with Crippen LogP contribution in [0.4, 0.5) is 0 Å². The van der Waals surface area contributed by atoms with Crippen LogP contribution in [0.3, 0.4) is 0 Å². The molecule has 1 aliphatic rings. The Morgan fingerprint density at radius 2 is 0.857 bits per heavy atom. The third kappa shape index (κ3) is 7.34. The van der Waals surface area contributed by atoms with Crippen LogP contribution in [0, 0.1) is 0 Å². The lowest BCUT2D eigenvalue weighted by Crippen LogP contribution is -2.45. The van der Waals surface area contributed by atoms with Crippen LogP contribution < -0.4 is 0 Å². The molecule has 0 aromatic rings. The highest BCUT2D eigenvalue weighted by atomic mass is 15.2. The molecule has 0 N–H and O–H groups in total. The highest BCUT2D eigenvalue weighted by Crippen LogP contribution is 1.99. The number of likely N-dealkylation sites (N-methyl/N-ethyl adjacent to an activating group) is 2. The predicted molar refractivity (Wildman–Crippen MR) is 66.9 cm³/mol. The number of rotatable bonds is 2. The fourth-order valence-electron chi connectivity index (χ4n) is 1.42. The molecule has 0 spiro atoms. The van der Waals surface area contributed by atoms with Gasteiger partial charge in [0.1, 0.15) is 0 Å². The molecule has 0 radical (unpaired) electrons. The molecule has 1 aliphatic heterocycles. The first kappa shape index (κ1) is 16.4. The Kier molecular flexibility index (Phi) is 15.1. The van der Waals surface area contributed by atoms with Gasteiger partial charge in [-0.3, -0.25) is 0 Å². The van der Waals surface area contributed by atoms with Gasteiger partial charge in [-0.15, -0.1) is 0 Å². The van der Waals surface area contributed by atoms with E-state index in [1.165, 1.54) is 39.3 Å². The Morgan fingerprint density at radius 3 is 1.00 bits per heavy atom. The van der Waals surface area contributed by atoms with Crippen molar-refractivity contribution < 1.29 is 0 Å². The van der Waals surface area contributed by atoms with Crippen LogP contribution in [0.1, 0.15) is 41.5 Å². The summed E-state index contributed by atoms with van der Waals surface area (Å²) in [6.45, 7) is 20.0. The van der Waals surface area contributed by atoms with Gasteiger partial charge in [0.25, 0.3) is 0 Å². The molecule has 0 atom stereocenters. The van der Waals surface area contributed by atoms with Crippen LogP contribution in [0.25, 0.3) is 0 Å². The Hall–Kier alpha value is -0.0800. The molecule has 2 nitrogen and oxygen atoms in total. The number of nitrogens with zero attached hydrogens (tertiary/aromatic N) is 2. The van der Waals surface area contributed by atoms with Gasteiger partial charge in [0, 0.05) is 26.2 Å². The standard InChI is InChI=1S/C8H18N2.2C2H6/c1-3-9-5-7-10(4-2)8-6-9;2*1-2/h3-8H2,1-2H3;2*1-2H3. The first-order valence-electron chi connectivity index (χ1n) is 6.31. The summed E-state index contributed by atoms with van der Waals surface area (Å²) in [5, 5.41) is 0. The molecule has 0 aromatic heterocycles. The van der Waals surface area contributed by atoms with Crippen LogP contribution >= 0.6 is 0 Å². The van der Waals surface area contributed by atoms with E-state index in [0.29, 0.717) is 0 Å². The summed E-state index contributed by atoms with van der Waals surface area (Å²) < 4.78 is 0. The number of piperazine rings is 1. The number of hydrogen-bond acceptors (Lipinski definition) is 2. The van der Waals surface area contributed by atoms with E-state index >= 15 is 0 Å². The molecule has 0 saturated carbocycles. The van der Waals surface area contributed by atoms with Gasteiger partial charge in [-0.05, 0) is 13.1 Å². The molecule has 2 heteroatoms. The maximum atomic E-state index is 2.51. The zero-order valence-electron chi connectivity index (χ0n) is 11.1. The van der Waals surface area contributed by atoms with Crippen molar-refractivity contribution in [2.24, 2.45) is 0 Å². The lowest BCUT2D eigenvalue weighted by molar-refractivity contribution is 0.142. The minimum atomic E-state index is 1.22. The van der Waals surface area contributed by atoms with Crippen LogP contribution in [-0.2, 0) is 0 Å². The van der Waals surface area contributed by atoms with E-state index < -0.39 is 0 Å². The minimum absolute atomic E-state index is 1.22. The van der Waals surface area contributed by atoms with Crippen molar-refractivity contribution in [1.29, 1.82) is 0 Å². The van der Waals surface area contributed by atoms with Gasteiger partial charge in [0.15, 0.2) is 0 Å². The van der Waals surface area contributed by atoms with E-state index in [-0.39, 0.29) is 0 Å². The second kappa shape index (κ2) is 12.9. The quantitative estimate of drug-likeness (QED) is 0.679. The average Bonchev–Trinajstić information content (AvgIpc) is 2.34. The molecule has 14 heavy (non-hydrogen) atoms. The largest absolute Gasteiger partial charge is 0.301 e. The van der Waals surface area contributed by atoms with Gasteiger partial charge < -0.3 is 9.80 Å². The molecule has 1 fully saturated rings. The van der Waals surface area contributed by atoms with Gasteiger partial charge in [-0.2, -0.15) is 0 Å². The van der Waals surface area contributed by atoms with Crippen LogP contribution in [-0.4, -0.2) is 49.1 Å². The molecule has 1 saturated heterocycles. The molecule has 88 valence electrons. The minimum Gasteiger partial charge on any atom is -0.301 e. The van der Waals surface area contributed by atoms with Gasteiger partial charge in [0.2, 0.25) is 0 Å². The predicted octanol–water partition coefficient (Wildman–Crippen LogP) is 2.70. The van der Waals surface area contributed by atoms with Gasteiger partial charge in [-0.25, -0.2) is 0 Å². The summed E-state index contributed by atoms with van der Waals surface area (Å²) in [7, 11) is 0. The second-order valence-corrected chi connectivity index (χ2v) is 2.87. The van der Waals surface area contributed by atoms with Crippen molar-refractivity contribution >= 4 is 0 Å². The zero-order valence-corrected chi connectivity index (χ0v) is 11.1. The second-order valence-electron chi connectivity index (χ2n) is 2.87. The van der Waals surface area contributed by atoms with E-state index in [1.54, 1.807) is 0 Å². The average molecular weight is 202 g/mol. The fourth-order valence-corrected chi connectivity index (χ4v) is 1.42. The number of hydrogen-bond donors (Lipinski definition) is 0. The summed E-state index contributed by atoms with van der Waals surface area (Å²) in [6, 6.07) is 0. The van der Waals surface area contributed by atoms with Crippen LogP contribution in [0.5, 0.6) is 0 Å². The Morgan fingerprint density at radius 1 is 0.643 bits per heavy atom. The third-order valence-electron chi connectivity index (χ3n) is 2.36. The van der Waals surface area contributed by atoms with Crippen molar-refractivity contribution in [3.63, 3.8) is 0 Å². The first-order valence-corrected chi connectivity index (χ1v) is 6.31. The van der Waals surface area contributed by atoms with E-state index in [0.717, 1.165) is 0 Å². The summed E-state index contributed by atoms with van der Waals surface area (Å²) in [5.74, 6) is 0. The molecule has 0 amide bonds. The highest BCUT2D eigenvalue weighted by molar-refractivity contribution is 4.69.